The van der Waals surface area contributed by atoms with Gasteiger partial charge in [-0.05, 0) is 18.1 Å². The highest BCUT2D eigenvalue weighted by atomic mass is 19.4. The average molecular weight is 216 g/mol. The topological polar surface area (TPSA) is 20.2 Å². The molecule has 0 heterocycles. The first-order valence-corrected chi connectivity index (χ1v) is 4.46. The number of aliphatic hydroxyl groups is 1. The Balaban J connectivity index is 2.79. The van der Waals surface area contributed by atoms with Crippen molar-refractivity contribution in [1.82, 2.24) is 0 Å². The minimum absolute atomic E-state index is 0.0983. The van der Waals surface area contributed by atoms with E-state index in [1.54, 1.807) is 12.1 Å². The molecule has 0 aliphatic heterocycles. The number of benzene rings is 1. The predicted octanol–water partition coefficient (Wildman–Crippen LogP) is 2.80. The molecule has 0 atom stereocenters. The molecule has 0 spiro atoms. The maximum Gasteiger partial charge on any atom is 0.416 e. The van der Waals surface area contributed by atoms with Crippen LogP contribution in [0.25, 0.3) is 0 Å². The van der Waals surface area contributed by atoms with Gasteiger partial charge in [-0.15, -0.1) is 0 Å². The zero-order valence-corrected chi connectivity index (χ0v) is 7.96. The van der Waals surface area contributed by atoms with Crippen molar-refractivity contribution in [1.29, 1.82) is 0 Å². The first-order chi connectivity index (χ1) is 7.04. The van der Waals surface area contributed by atoms with Crippen LogP contribution in [-0.4, -0.2) is 11.7 Å². The van der Waals surface area contributed by atoms with Gasteiger partial charge in [-0.2, -0.15) is 13.2 Å². The molecule has 1 rings (SSSR count). The van der Waals surface area contributed by atoms with Gasteiger partial charge in [0.1, 0.15) is 0 Å². The molecule has 0 radical (unpaired) electrons. The number of aliphatic hydroxyl groups excluding tert-OH is 1. The van der Waals surface area contributed by atoms with E-state index < -0.39 is 11.7 Å². The number of rotatable bonds is 3. The second kappa shape index (κ2) is 4.98. The lowest BCUT2D eigenvalue weighted by Crippen LogP contribution is -2.04. The molecule has 4 heteroatoms. The summed E-state index contributed by atoms with van der Waals surface area (Å²) in [6, 6.07) is 5.16. The third kappa shape index (κ3) is 3.75. The summed E-state index contributed by atoms with van der Waals surface area (Å²) in [5, 5.41) is 8.46. The fourth-order valence-electron chi connectivity index (χ4n) is 1.17. The Bertz CT molecular complexity index is 342. The Hall–Kier alpha value is -1.29. The molecule has 1 aromatic rings. The van der Waals surface area contributed by atoms with Gasteiger partial charge in [0.05, 0.1) is 12.2 Å². The van der Waals surface area contributed by atoms with E-state index >= 15 is 0 Å². The molecule has 1 nitrogen and oxygen atoms in total. The van der Waals surface area contributed by atoms with Crippen LogP contribution in [0.1, 0.15) is 11.1 Å². The summed E-state index contributed by atoms with van der Waals surface area (Å²) < 4.78 is 36.9. The standard InChI is InChI=1S/C11H11F3O/c12-11(13,14)10-6-3-5-9(8-10)4-1-2-7-15/h1-3,5-6,8,15H,4,7H2. The molecule has 82 valence electrons. The van der Waals surface area contributed by atoms with Crippen LogP contribution in [0.15, 0.2) is 36.4 Å². The van der Waals surface area contributed by atoms with Crippen molar-refractivity contribution in [3.63, 3.8) is 0 Å². The first kappa shape index (κ1) is 11.8. The lowest BCUT2D eigenvalue weighted by atomic mass is 10.1. The molecule has 0 saturated heterocycles. The highest BCUT2D eigenvalue weighted by Crippen LogP contribution is 2.29. The van der Waals surface area contributed by atoms with Crippen molar-refractivity contribution >= 4 is 0 Å². The van der Waals surface area contributed by atoms with Crippen LogP contribution >= 0.6 is 0 Å². The van der Waals surface area contributed by atoms with E-state index in [-0.39, 0.29) is 6.61 Å². The van der Waals surface area contributed by atoms with Gasteiger partial charge >= 0.3 is 6.18 Å². The molecule has 0 amide bonds. The Kier molecular flexibility index (Phi) is 3.91. The van der Waals surface area contributed by atoms with Crippen molar-refractivity contribution in [2.24, 2.45) is 0 Å². The number of alkyl halides is 3. The number of halogens is 3. The Morgan fingerprint density at radius 2 is 1.93 bits per heavy atom. The highest BCUT2D eigenvalue weighted by molar-refractivity contribution is 5.27. The van der Waals surface area contributed by atoms with E-state index in [4.69, 9.17) is 5.11 Å². The zero-order chi connectivity index (χ0) is 11.3. The zero-order valence-electron chi connectivity index (χ0n) is 7.96. The van der Waals surface area contributed by atoms with Gasteiger partial charge in [-0.25, -0.2) is 0 Å². The summed E-state index contributed by atoms with van der Waals surface area (Å²) in [5.41, 5.74) is -0.0630. The molecule has 0 aliphatic rings. The largest absolute Gasteiger partial charge is 0.416 e. The minimum Gasteiger partial charge on any atom is -0.392 e. The second-order valence-electron chi connectivity index (χ2n) is 3.06. The molecule has 1 N–H and O–H groups in total. The summed E-state index contributed by atoms with van der Waals surface area (Å²) >= 11 is 0. The molecule has 0 bridgehead atoms. The summed E-state index contributed by atoms with van der Waals surface area (Å²) in [4.78, 5) is 0. The van der Waals surface area contributed by atoms with E-state index in [0.717, 1.165) is 12.1 Å². The first-order valence-electron chi connectivity index (χ1n) is 4.46. The summed E-state index contributed by atoms with van der Waals surface area (Å²) in [6.45, 7) is -0.0983. The predicted molar refractivity (Wildman–Crippen MR) is 51.4 cm³/mol. The van der Waals surface area contributed by atoms with Crippen molar-refractivity contribution < 1.29 is 18.3 Å². The van der Waals surface area contributed by atoms with E-state index in [1.165, 1.54) is 12.1 Å². The van der Waals surface area contributed by atoms with E-state index in [9.17, 15) is 13.2 Å². The van der Waals surface area contributed by atoms with Gasteiger partial charge in [-0.1, -0.05) is 30.4 Å². The molecule has 15 heavy (non-hydrogen) atoms. The smallest absolute Gasteiger partial charge is 0.392 e. The third-order valence-electron chi connectivity index (χ3n) is 1.88. The maximum absolute atomic E-state index is 12.3. The van der Waals surface area contributed by atoms with Crippen molar-refractivity contribution in [2.45, 2.75) is 12.6 Å². The Morgan fingerprint density at radius 3 is 2.53 bits per heavy atom. The monoisotopic (exact) mass is 216 g/mol. The van der Waals surface area contributed by atoms with E-state index in [1.807, 2.05) is 0 Å². The van der Waals surface area contributed by atoms with Crippen LogP contribution < -0.4 is 0 Å². The van der Waals surface area contributed by atoms with Crippen LogP contribution in [0.2, 0.25) is 0 Å². The van der Waals surface area contributed by atoms with Crippen LogP contribution in [0.3, 0.4) is 0 Å². The van der Waals surface area contributed by atoms with Crippen molar-refractivity contribution in [3.05, 3.63) is 47.5 Å². The van der Waals surface area contributed by atoms with E-state index in [2.05, 4.69) is 0 Å². The summed E-state index contributed by atoms with van der Waals surface area (Å²) in [6.07, 6.45) is -0.767. The lowest BCUT2D eigenvalue weighted by Gasteiger charge is -2.07. The Labute approximate surface area is 85.9 Å². The fraction of sp³-hybridized carbons (Fsp3) is 0.273. The average Bonchev–Trinajstić information content (AvgIpc) is 2.17. The molecular formula is C11H11F3O. The SMILES string of the molecule is OCC=CCc1cccc(C(F)(F)F)c1. The van der Waals surface area contributed by atoms with Gasteiger partial charge < -0.3 is 5.11 Å². The van der Waals surface area contributed by atoms with Crippen molar-refractivity contribution in [2.75, 3.05) is 6.61 Å². The Morgan fingerprint density at radius 1 is 1.20 bits per heavy atom. The molecule has 0 fully saturated rings. The molecule has 0 aliphatic carbocycles. The molecule has 0 aromatic heterocycles. The van der Waals surface area contributed by atoms with Gasteiger partial charge in [0.15, 0.2) is 0 Å². The summed E-state index contributed by atoms with van der Waals surface area (Å²) in [5.74, 6) is 0. The van der Waals surface area contributed by atoms with Crippen LogP contribution in [-0.2, 0) is 12.6 Å². The van der Waals surface area contributed by atoms with Crippen LogP contribution in [0, 0.1) is 0 Å². The third-order valence-corrected chi connectivity index (χ3v) is 1.88. The highest BCUT2D eigenvalue weighted by Gasteiger charge is 2.30. The number of allylic oxidation sites excluding steroid dienone is 1. The normalized spacial score (nSPS) is 12.3. The quantitative estimate of drug-likeness (QED) is 0.770. The maximum atomic E-state index is 12.3. The van der Waals surface area contributed by atoms with E-state index in [0.29, 0.717) is 12.0 Å². The number of hydrogen-bond acceptors (Lipinski definition) is 1. The second-order valence-corrected chi connectivity index (χ2v) is 3.06. The number of hydrogen-bond donors (Lipinski definition) is 1. The van der Waals surface area contributed by atoms with Gasteiger partial charge in [0, 0.05) is 0 Å². The van der Waals surface area contributed by atoms with Crippen LogP contribution in [0.5, 0.6) is 0 Å². The van der Waals surface area contributed by atoms with Gasteiger partial charge in [0.25, 0.3) is 0 Å². The molecule has 0 saturated carbocycles. The van der Waals surface area contributed by atoms with Gasteiger partial charge in [-0.3, -0.25) is 0 Å². The van der Waals surface area contributed by atoms with Gasteiger partial charge in [0.2, 0.25) is 0 Å². The molecule has 0 unspecified atom stereocenters. The molecule has 1 aromatic carbocycles. The summed E-state index contributed by atoms with van der Waals surface area (Å²) in [7, 11) is 0. The van der Waals surface area contributed by atoms with Crippen molar-refractivity contribution in [3.8, 4) is 0 Å². The molecular weight excluding hydrogens is 205 g/mol. The lowest BCUT2D eigenvalue weighted by molar-refractivity contribution is -0.137. The fourth-order valence-corrected chi connectivity index (χ4v) is 1.17. The van der Waals surface area contributed by atoms with Crippen LogP contribution in [0.4, 0.5) is 13.2 Å². The minimum atomic E-state index is -4.29.